The fourth-order valence-electron chi connectivity index (χ4n) is 2.72. The van der Waals surface area contributed by atoms with E-state index in [1.165, 1.54) is 24.7 Å². The first-order valence-corrected chi connectivity index (χ1v) is 7.95. The van der Waals surface area contributed by atoms with E-state index in [1.807, 2.05) is 0 Å². The highest BCUT2D eigenvalue weighted by molar-refractivity contribution is 6.28. The molecule has 12 heteroatoms. The van der Waals surface area contributed by atoms with Gasteiger partial charge in [-0.2, -0.15) is 9.97 Å². The third-order valence-electron chi connectivity index (χ3n) is 3.76. The van der Waals surface area contributed by atoms with Gasteiger partial charge in [0, 0.05) is 13.8 Å². The lowest BCUT2D eigenvalue weighted by Crippen LogP contribution is -2.38. The summed E-state index contributed by atoms with van der Waals surface area (Å²) < 4.78 is 17.2. The molecule has 2 aromatic heterocycles. The molecular formula is C14H16ClN5O6. The molecule has 0 bridgehead atoms. The van der Waals surface area contributed by atoms with Crippen LogP contribution in [-0.2, 0) is 23.8 Å². The second-order valence-corrected chi connectivity index (χ2v) is 5.97. The predicted molar refractivity (Wildman–Crippen MR) is 86.8 cm³/mol. The lowest BCUT2D eigenvalue weighted by atomic mass is 10.1. The molecule has 26 heavy (non-hydrogen) atoms. The van der Waals surface area contributed by atoms with Crippen LogP contribution in [0.2, 0.25) is 5.28 Å². The molecule has 0 unspecified atom stereocenters. The van der Waals surface area contributed by atoms with Gasteiger partial charge in [-0.05, 0) is 11.6 Å². The summed E-state index contributed by atoms with van der Waals surface area (Å²) in [6.07, 6.45) is -2.88. The normalized spacial score (nSPS) is 25.4. The SMILES string of the molecule is CC(=O)OC[C@H]1O[C@@H](n2cnc3c(N)nc(Cl)nc32)[C@H](O)[C@@H]1OC(C)=O. The monoisotopic (exact) mass is 385 g/mol. The van der Waals surface area contributed by atoms with Crippen molar-refractivity contribution in [2.45, 2.75) is 38.4 Å². The first-order valence-electron chi connectivity index (χ1n) is 7.57. The van der Waals surface area contributed by atoms with Crippen LogP contribution >= 0.6 is 11.6 Å². The molecule has 0 saturated carbocycles. The molecule has 3 N–H and O–H groups in total. The Kier molecular flexibility index (Phi) is 4.94. The molecule has 0 amide bonds. The van der Waals surface area contributed by atoms with Crippen LogP contribution in [0.15, 0.2) is 6.33 Å². The van der Waals surface area contributed by atoms with Gasteiger partial charge < -0.3 is 25.1 Å². The van der Waals surface area contributed by atoms with Crippen LogP contribution in [0.5, 0.6) is 0 Å². The summed E-state index contributed by atoms with van der Waals surface area (Å²) in [5.41, 5.74) is 6.28. The van der Waals surface area contributed by atoms with E-state index in [0.717, 1.165) is 0 Å². The highest BCUT2D eigenvalue weighted by Gasteiger charge is 2.48. The number of aliphatic hydroxyl groups is 1. The maximum Gasteiger partial charge on any atom is 0.303 e. The number of hydrogen-bond donors (Lipinski definition) is 2. The Morgan fingerprint density at radius 3 is 2.77 bits per heavy atom. The summed E-state index contributed by atoms with van der Waals surface area (Å²) >= 11 is 5.83. The van der Waals surface area contributed by atoms with E-state index < -0.39 is 36.5 Å². The molecule has 11 nitrogen and oxygen atoms in total. The summed E-state index contributed by atoms with van der Waals surface area (Å²) in [4.78, 5) is 34.4. The maximum absolute atomic E-state index is 11.4. The minimum Gasteiger partial charge on any atom is -0.463 e. The van der Waals surface area contributed by atoms with Crippen molar-refractivity contribution < 1.29 is 28.9 Å². The van der Waals surface area contributed by atoms with E-state index in [9.17, 15) is 14.7 Å². The Morgan fingerprint density at radius 2 is 2.12 bits per heavy atom. The van der Waals surface area contributed by atoms with Gasteiger partial charge in [-0.1, -0.05) is 0 Å². The number of carbonyl (C=O) groups is 2. The summed E-state index contributed by atoms with van der Waals surface area (Å²) in [5.74, 6) is -1.08. The molecule has 1 saturated heterocycles. The van der Waals surface area contributed by atoms with Crippen molar-refractivity contribution in [1.82, 2.24) is 19.5 Å². The predicted octanol–water partition coefficient (Wildman–Crippen LogP) is -0.185. The number of anilines is 1. The molecule has 0 aliphatic carbocycles. The molecule has 3 rings (SSSR count). The van der Waals surface area contributed by atoms with Crippen LogP contribution in [0.1, 0.15) is 20.1 Å². The lowest BCUT2D eigenvalue weighted by Gasteiger charge is -2.19. The number of rotatable bonds is 4. The van der Waals surface area contributed by atoms with Crippen LogP contribution in [0.4, 0.5) is 5.82 Å². The number of carbonyl (C=O) groups excluding carboxylic acids is 2. The number of halogens is 1. The van der Waals surface area contributed by atoms with Crippen LogP contribution in [0.25, 0.3) is 11.2 Å². The Morgan fingerprint density at radius 1 is 1.38 bits per heavy atom. The number of ether oxygens (including phenoxy) is 3. The number of nitrogen functional groups attached to an aromatic ring is 1. The number of aromatic nitrogens is 4. The summed E-state index contributed by atoms with van der Waals surface area (Å²) in [6.45, 7) is 2.23. The zero-order valence-corrected chi connectivity index (χ0v) is 14.6. The number of esters is 2. The van der Waals surface area contributed by atoms with Crippen LogP contribution in [-0.4, -0.2) is 61.5 Å². The Hall–Kier alpha value is -2.50. The van der Waals surface area contributed by atoms with Crippen molar-refractivity contribution in [3.63, 3.8) is 0 Å². The van der Waals surface area contributed by atoms with E-state index in [2.05, 4.69) is 15.0 Å². The zero-order valence-electron chi connectivity index (χ0n) is 13.8. The first-order chi connectivity index (χ1) is 12.3. The molecule has 0 spiro atoms. The lowest BCUT2D eigenvalue weighted by molar-refractivity contribution is -0.157. The highest BCUT2D eigenvalue weighted by Crippen LogP contribution is 2.34. The molecule has 0 aromatic carbocycles. The topological polar surface area (TPSA) is 152 Å². The molecule has 140 valence electrons. The van der Waals surface area contributed by atoms with Crippen molar-refractivity contribution in [1.29, 1.82) is 0 Å². The Labute approximate surface area is 152 Å². The van der Waals surface area contributed by atoms with Crippen molar-refractivity contribution in [3.05, 3.63) is 11.6 Å². The van der Waals surface area contributed by atoms with Crippen molar-refractivity contribution >= 4 is 40.5 Å². The molecule has 1 aliphatic heterocycles. The van der Waals surface area contributed by atoms with Crippen molar-refractivity contribution in [2.24, 2.45) is 0 Å². The van der Waals surface area contributed by atoms with Gasteiger partial charge in [0.2, 0.25) is 5.28 Å². The number of hydrogen-bond acceptors (Lipinski definition) is 10. The fraction of sp³-hybridized carbons (Fsp3) is 0.500. The van der Waals surface area contributed by atoms with Gasteiger partial charge in [0.1, 0.15) is 24.3 Å². The largest absolute Gasteiger partial charge is 0.463 e. The highest BCUT2D eigenvalue weighted by atomic mass is 35.5. The number of fused-ring (bicyclic) bond motifs is 1. The number of imidazole rings is 1. The van der Waals surface area contributed by atoms with Gasteiger partial charge in [-0.15, -0.1) is 0 Å². The molecule has 3 heterocycles. The number of nitrogens with two attached hydrogens (primary N) is 1. The van der Waals surface area contributed by atoms with Crippen molar-refractivity contribution in [2.75, 3.05) is 12.3 Å². The molecule has 1 aliphatic rings. The smallest absolute Gasteiger partial charge is 0.303 e. The fourth-order valence-corrected chi connectivity index (χ4v) is 2.89. The van der Waals surface area contributed by atoms with Gasteiger partial charge in [0.05, 0.1) is 6.33 Å². The molecule has 4 atom stereocenters. The van der Waals surface area contributed by atoms with Gasteiger partial charge >= 0.3 is 11.9 Å². The summed E-state index contributed by atoms with van der Waals surface area (Å²) in [7, 11) is 0. The minimum atomic E-state index is -1.27. The van der Waals surface area contributed by atoms with E-state index >= 15 is 0 Å². The van der Waals surface area contributed by atoms with Crippen LogP contribution in [0.3, 0.4) is 0 Å². The Balaban J connectivity index is 1.95. The number of aliphatic hydroxyl groups excluding tert-OH is 1. The molecule has 0 radical (unpaired) electrons. The van der Waals surface area contributed by atoms with Gasteiger partial charge in [-0.3, -0.25) is 14.2 Å². The average molecular weight is 386 g/mol. The van der Waals surface area contributed by atoms with Crippen LogP contribution in [0, 0.1) is 0 Å². The molecular weight excluding hydrogens is 370 g/mol. The quantitative estimate of drug-likeness (QED) is 0.535. The van der Waals surface area contributed by atoms with Crippen molar-refractivity contribution in [3.8, 4) is 0 Å². The second-order valence-electron chi connectivity index (χ2n) is 5.63. The standard InChI is InChI=1S/C14H16ClN5O6/c1-5(21)24-3-7-10(25-6(2)22)9(23)13(26-7)20-4-17-8-11(16)18-14(15)19-12(8)20/h4,7,9-10,13,23H,3H2,1-2H3,(H2,16,18,19)/t7-,9-,10-,13-/m1/s1. The zero-order chi connectivity index (χ0) is 19.0. The second kappa shape index (κ2) is 7.02. The summed E-state index contributed by atoms with van der Waals surface area (Å²) in [6, 6.07) is 0. The third-order valence-corrected chi connectivity index (χ3v) is 3.93. The number of nitrogens with zero attached hydrogens (tertiary/aromatic N) is 4. The van der Waals surface area contributed by atoms with E-state index in [1.54, 1.807) is 0 Å². The van der Waals surface area contributed by atoms with E-state index in [4.69, 9.17) is 31.5 Å². The summed E-state index contributed by atoms with van der Waals surface area (Å²) in [5, 5.41) is 10.5. The molecule has 2 aromatic rings. The minimum absolute atomic E-state index is 0.0687. The molecule has 1 fully saturated rings. The average Bonchev–Trinajstić information content (AvgIpc) is 3.08. The van der Waals surface area contributed by atoms with Gasteiger partial charge in [-0.25, -0.2) is 4.98 Å². The van der Waals surface area contributed by atoms with E-state index in [0.29, 0.717) is 0 Å². The maximum atomic E-state index is 11.4. The Bertz CT molecular complexity index is 858. The third kappa shape index (κ3) is 3.41. The van der Waals surface area contributed by atoms with Crippen LogP contribution < -0.4 is 5.73 Å². The van der Waals surface area contributed by atoms with Gasteiger partial charge in [0.15, 0.2) is 23.8 Å². The first kappa shape index (κ1) is 18.3. The van der Waals surface area contributed by atoms with Gasteiger partial charge in [0.25, 0.3) is 0 Å². The van der Waals surface area contributed by atoms with E-state index in [-0.39, 0.29) is 28.9 Å².